The van der Waals surface area contributed by atoms with Crippen LogP contribution in [0.5, 0.6) is 0 Å². The van der Waals surface area contributed by atoms with Crippen LogP contribution in [-0.2, 0) is 0 Å². The van der Waals surface area contributed by atoms with Crippen LogP contribution in [0.15, 0.2) is 12.3 Å². The zero-order valence-electron chi connectivity index (χ0n) is 6.49. The summed E-state index contributed by atoms with van der Waals surface area (Å²) in [5, 5.41) is 0. The Morgan fingerprint density at radius 2 is 2.36 bits per heavy atom. The highest BCUT2D eigenvalue weighted by Crippen LogP contribution is 2.37. The van der Waals surface area contributed by atoms with Crippen molar-refractivity contribution in [2.45, 2.75) is 25.3 Å². The van der Waals surface area contributed by atoms with Gasteiger partial charge in [0.2, 0.25) is 0 Å². The molecule has 1 fully saturated rings. The van der Waals surface area contributed by atoms with Crippen molar-refractivity contribution in [3.8, 4) is 0 Å². The Morgan fingerprint density at radius 1 is 1.64 bits per heavy atom. The molecule has 1 aliphatic rings. The van der Waals surface area contributed by atoms with E-state index >= 15 is 0 Å². The van der Waals surface area contributed by atoms with Gasteiger partial charge in [0.1, 0.15) is 5.82 Å². The highest BCUT2D eigenvalue weighted by atomic mass is 14.9. The molecule has 3 heteroatoms. The van der Waals surface area contributed by atoms with Gasteiger partial charge in [-0.1, -0.05) is 0 Å². The van der Waals surface area contributed by atoms with E-state index in [9.17, 15) is 0 Å². The zero-order chi connectivity index (χ0) is 7.84. The first-order chi connectivity index (χ1) is 5.27. The highest BCUT2D eigenvalue weighted by Gasteiger charge is 2.35. The van der Waals surface area contributed by atoms with Crippen LogP contribution in [0.25, 0.3) is 0 Å². The molecule has 0 aromatic carbocycles. The fraction of sp³-hybridized carbons (Fsp3) is 0.500. The molecular weight excluding hydrogens is 138 g/mol. The summed E-state index contributed by atoms with van der Waals surface area (Å²) in [6.45, 7) is 1.90. The summed E-state index contributed by atoms with van der Waals surface area (Å²) in [6, 6.07) is 2.29. The van der Waals surface area contributed by atoms with Crippen molar-refractivity contribution in [2.24, 2.45) is 5.73 Å². The second-order valence-electron chi connectivity index (χ2n) is 3.03. The standard InChI is InChI=1S/C8H11N3/c1-5-10-3-2-8(11-5)6-4-7(6)9/h2-3,6-7H,4,9H2,1H3. The third-order valence-electron chi connectivity index (χ3n) is 2.02. The molecule has 1 aromatic rings. The largest absolute Gasteiger partial charge is 0.327 e. The maximum Gasteiger partial charge on any atom is 0.125 e. The molecule has 0 radical (unpaired) electrons. The topological polar surface area (TPSA) is 51.8 Å². The van der Waals surface area contributed by atoms with Crippen LogP contribution in [0.1, 0.15) is 23.9 Å². The molecular formula is C8H11N3. The minimum absolute atomic E-state index is 0.337. The van der Waals surface area contributed by atoms with Gasteiger partial charge in [0.05, 0.1) is 0 Å². The van der Waals surface area contributed by atoms with Gasteiger partial charge >= 0.3 is 0 Å². The lowest BCUT2D eigenvalue weighted by Gasteiger charge is -1.96. The molecule has 1 heterocycles. The Labute approximate surface area is 65.7 Å². The second kappa shape index (κ2) is 2.27. The van der Waals surface area contributed by atoms with E-state index in [0.717, 1.165) is 17.9 Å². The molecule has 11 heavy (non-hydrogen) atoms. The summed E-state index contributed by atoms with van der Waals surface area (Å²) in [4.78, 5) is 8.32. The van der Waals surface area contributed by atoms with E-state index in [-0.39, 0.29) is 0 Å². The minimum Gasteiger partial charge on any atom is -0.327 e. The number of hydrogen-bond donors (Lipinski definition) is 1. The fourth-order valence-electron chi connectivity index (χ4n) is 1.24. The molecule has 2 atom stereocenters. The van der Waals surface area contributed by atoms with Crippen molar-refractivity contribution < 1.29 is 0 Å². The van der Waals surface area contributed by atoms with Gasteiger partial charge in [0, 0.05) is 23.9 Å². The van der Waals surface area contributed by atoms with Crippen LogP contribution >= 0.6 is 0 Å². The quantitative estimate of drug-likeness (QED) is 0.636. The molecule has 0 spiro atoms. The van der Waals surface area contributed by atoms with Crippen LogP contribution in [0.2, 0.25) is 0 Å². The normalized spacial score (nSPS) is 28.5. The second-order valence-corrected chi connectivity index (χ2v) is 3.03. The van der Waals surface area contributed by atoms with Crippen molar-refractivity contribution in [3.05, 3.63) is 23.8 Å². The Bertz CT molecular complexity index is 272. The van der Waals surface area contributed by atoms with Gasteiger partial charge in [-0.2, -0.15) is 0 Å². The Kier molecular flexibility index (Phi) is 1.39. The van der Waals surface area contributed by atoms with E-state index in [4.69, 9.17) is 5.73 Å². The lowest BCUT2D eigenvalue weighted by atomic mass is 10.3. The molecule has 0 bridgehead atoms. The van der Waals surface area contributed by atoms with E-state index in [1.165, 1.54) is 0 Å². The van der Waals surface area contributed by atoms with Crippen LogP contribution in [-0.4, -0.2) is 16.0 Å². The molecule has 1 saturated carbocycles. The van der Waals surface area contributed by atoms with Gasteiger partial charge < -0.3 is 5.73 Å². The first kappa shape index (κ1) is 6.73. The van der Waals surface area contributed by atoms with Gasteiger partial charge in [-0.15, -0.1) is 0 Å². The lowest BCUT2D eigenvalue weighted by Crippen LogP contribution is -2.02. The fourth-order valence-corrected chi connectivity index (χ4v) is 1.24. The van der Waals surface area contributed by atoms with E-state index in [1.54, 1.807) is 6.20 Å². The van der Waals surface area contributed by atoms with Gasteiger partial charge in [0.25, 0.3) is 0 Å². The summed E-state index contributed by atoms with van der Waals surface area (Å²) in [5.41, 5.74) is 6.79. The number of rotatable bonds is 1. The zero-order valence-corrected chi connectivity index (χ0v) is 6.49. The smallest absolute Gasteiger partial charge is 0.125 e. The van der Waals surface area contributed by atoms with Gasteiger partial charge in [-0.3, -0.25) is 0 Å². The van der Waals surface area contributed by atoms with E-state index < -0.39 is 0 Å². The molecule has 1 aromatic heterocycles. The van der Waals surface area contributed by atoms with Crippen LogP contribution in [0.4, 0.5) is 0 Å². The molecule has 0 saturated heterocycles. The van der Waals surface area contributed by atoms with Crippen molar-refractivity contribution in [1.29, 1.82) is 0 Å². The van der Waals surface area contributed by atoms with E-state index in [1.807, 2.05) is 13.0 Å². The number of nitrogens with two attached hydrogens (primary N) is 1. The molecule has 2 rings (SSSR count). The predicted molar refractivity (Wildman–Crippen MR) is 42.1 cm³/mol. The average molecular weight is 149 g/mol. The van der Waals surface area contributed by atoms with Gasteiger partial charge in [-0.25, -0.2) is 9.97 Å². The number of aromatic nitrogens is 2. The number of nitrogens with zero attached hydrogens (tertiary/aromatic N) is 2. The third-order valence-corrected chi connectivity index (χ3v) is 2.02. The molecule has 3 nitrogen and oxygen atoms in total. The number of hydrogen-bond acceptors (Lipinski definition) is 3. The first-order valence-corrected chi connectivity index (χ1v) is 3.82. The summed E-state index contributed by atoms with van der Waals surface area (Å²) >= 11 is 0. The highest BCUT2D eigenvalue weighted by molar-refractivity contribution is 5.19. The predicted octanol–water partition coefficient (Wildman–Crippen LogP) is 0.600. The summed E-state index contributed by atoms with van der Waals surface area (Å²) < 4.78 is 0. The maximum atomic E-state index is 5.69. The van der Waals surface area contributed by atoms with Crippen LogP contribution in [0, 0.1) is 6.92 Å². The van der Waals surface area contributed by atoms with Crippen molar-refractivity contribution >= 4 is 0 Å². The maximum absolute atomic E-state index is 5.69. The van der Waals surface area contributed by atoms with Crippen molar-refractivity contribution in [3.63, 3.8) is 0 Å². The summed E-state index contributed by atoms with van der Waals surface area (Å²) in [5.74, 6) is 1.33. The van der Waals surface area contributed by atoms with Gasteiger partial charge in [0.15, 0.2) is 0 Å². The molecule has 1 aliphatic carbocycles. The Hall–Kier alpha value is -0.960. The van der Waals surface area contributed by atoms with Crippen LogP contribution in [0.3, 0.4) is 0 Å². The third kappa shape index (κ3) is 1.24. The SMILES string of the molecule is Cc1nccc(C2CC2N)n1. The molecule has 2 unspecified atom stereocenters. The molecule has 0 amide bonds. The summed E-state index contributed by atoms with van der Waals surface area (Å²) in [6.07, 6.45) is 2.87. The minimum atomic E-state index is 0.337. The van der Waals surface area contributed by atoms with E-state index in [0.29, 0.717) is 12.0 Å². The van der Waals surface area contributed by atoms with E-state index in [2.05, 4.69) is 9.97 Å². The molecule has 2 N–H and O–H groups in total. The monoisotopic (exact) mass is 149 g/mol. The Morgan fingerprint density at radius 3 is 2.91 bits per heavy atom. The van der Waals surface area contributed by atoms with Crippen molar-refractivity contribution in [2.75, 3.05) is 0 Å². The van der Waals surface area contributed by atoms with Crippen molar-refractivity contribution in [1.82, 2.24) is 9.97 Å². The average Bonchev–Trinajstić information content (AvgIpc) is 2.67. The van der Waals surface area contributed by atoms with Crippen LogP contribution < -0.4 is 5.73 Å². The molecule has 58 valence electrons. The Balaban J connectivity index is 2.25. The molecule has 0 aliphatic heterocycles. The first-order valence-electron chi connectivity index (χ1n) is 3.82. The lowest BCUT2D eigenvalue weighted by molar-refractivity contribution is 0.903. The number of aryl methyl sites for hydroxylation is 1. The van der Waals surface area contributed by atoms with Gasteiger partial charge in [-0.05, 0) is 19.4 Å². The summed E-state index contributed by atoms with van der Waals surface area (Å²) in [7, 11) is 0.